The quantitative estimate of drug-likeness (QED) is 0.326. The smallest absolute Gasteiger partial charge is 0.421 e. The number of sulfonamides is 1. The van der Waals surface area contributed by atoms with Gasteiger partial charge >= 0.3 is 29.6 Å². The second-order valence-electron chi connectivity index (χ2n) is 8.58. The predicted molar refractivity (Wildman–Crippen MR) is 131 cm³/mol. The van der Waals surface area contributed by atoms with Gasteiger partial charge in [0.15, 0.2) is 10.0 Å². The Balaban J connectivity index is 0.00000267. The Morgan fingerprint density at radius 1 is 1.03 bits per heavy atom. The van der Waals surface area contributed by atoms with E-state index in [0.29, 0.717) is 29.8 Å². The van der Waals surface area contributed by atoms with Gasteiger partial charge in [0.25, 0.3) is 0 Å². The zero-order valence-corrected chi connectivity index (χ0v) is 22.5. The van der Waals surface area contributed by atoms with Gasteiger partial charge in [0.1, 0.15) is 12.1 Å². The van der Waals surface area contributed by atoms with Crippen molar-refractivity contribution in [2.75, 3.05) is 0 Å². The molecule has 0 saturated heterocycles. The van der Waals surface area contributed by atoms with E-state index in [1.54, 1.807) is 46.0 Å². The molecule has 0 N–H and O–H groups in total. The van der Waals surface area contributed by atoms with Gasteiger partial charge in [-0.05, 0) is 54.1 Å². The van der Waals surface area contributed by atoms with Crippen LogP contribution in [-0.4, -0.2) is 38.0 Å². The van der Waals surface area contributed by atoms with Gasteiger partial charge in [0, 0.05) is 30.2 Å². The SMILES string of the molecule is Cn1cc(-c2ccc3c(c2)ncn3-c2cc(-c3ccccc3F)cc([N-]S(=O)(=O)C3CC3)n2)cn1.[Na+]. The van der Waals surface area contributed by atoms with Gasteiger partial charge in [0.05, 0.1) is 22.5 Å². The summed E-state index contributed by atoms with van der Waals surface area (Å²) in [5, 5.41) is 3.75. The number of hydrogen-bond donors (Lipinski definition) is 0. The zero-order chi connectivity index (χ0) is 24.2. The minimum absolute atomic E-state index is 0. The van der Waals surface area contributed by atoms with E-state index in [-0.39, 0.29) is 35.4 Å². The molecule has 0 radical (unpaired) electrons. The summed E-state index contributed by atoms with van der Waals surface area (Å²) in [5.41, 5.74) is 4.25. The van der Waals surface area contributed by atoms with Crippen LogP contribution in [0.5, 0.6) is 0 Å². The normalized spacial score (nSPS) is 13.5. The third kappa shape index (κ3) is 4.69. The molecule has 36 heavy (non-hydrogen) atoms. The van der Waals surface area contributed by atoms with Gasteiger partial charge in [0.2, 0.25) is 0 Å². The molecule has 0 aliphatic heterocycles. The van der Waals surface area contributed by atoms with Crippen LogP contribution in [0.2, 0.25) is 0 Å². The minimum Gasteiger partial charge on any atom is -0.421 e. The molecule has 0 amide bonds. The molecule has 176 valence electrons. The first-order valence-electron chi connectivity index (χ1n) is 11.1. The van der Waals surface area contributed by atoms with Crippen LogP contribution in [0.3, 0.4) is 0 Å². The number of aryl methyl sites for hydroxylation is 1. The Morgan fingerprint density at radius 2 is 1.83 bits per heavy atom. The maximum atomic E-state index is 14.6. The summed E-state index contributed by atoms with van der Waals surface area (Å²) in [6, 6.07) is 15.4. The van der Waals surface area contributed by atoms with E-state index >= 15 is 0 Å². The van der Waals surface area contributed by atoms with Crippen molar-refractivity contribution in [3.05, 3.63) is 83.9 Å². The second-order valence-corrected chi connectivity index (χ2v) is 10.5. The fourth-order valence-corrected chi connectivity index (χ4v) is 5.27. The fourth-order valence-electron chi connectivity index (χ4n) is 4.04. The number of rotatable bonds is 6. The molecule has 0 atom stereocenters. The molecule has 2 aromatic carbocycles. The first kappa shape index (κ1) is 24.6. The van der Waals surface area contributed by atoms with Gasteiger partial charge in [-0.15, -0.1) is 0 Å². The van der Waals surface area contributed by atoms with Gasteiger partial charge in [-0.1, -0.05) is 30.3 Å². The zero-order valence-electron chi connectivity index (χ0n) is 19.7. The number of imidazole rings is 1. The molecule has 0 spiro atoms. The summed E-state index contributed by atoms with van der Waals surface area (Å²) in [7, 11) is -1.82. The van der Waals surface area contributed by atoms with E-state index in [1.165, 1.54) is 12.1 Å². The number of hydrogen-bond acceptors (Lipinski definition) is 5. The van der Waals surface area contributed by atoms with Crippen LogP contribution in [-0.2, 0) is 17.1 Å². The van der Waals surface area contributed by atoms with Crippen molar-refractivity contribution in [2.45, 2.75) is 18.1 Å². The monoisotopic (exact) mass is 510 g/mol. The molecule has 8 nitrogen and oxygen atoms in total. The number of nitrogens with zero attached hydrogens (tertiary/aromatic N) is 6. The van der Waals surface area contributed by atoms with E-state index in [1.807, 2.05) is 31.4 Å². The fraction of sp³-hybridized carbons (Fsp3) is 0.160. The summed E-state index contributed by atoms with van der Waals surface area (Å²) in [5.74, 6) is -0.00846. The number of aromatic nitrogens is 5. The minimum atomic E-state index is -3.68. The Labute approximate surface area is 229 Å². The molecule has 3 aromatic heterocycles. The maximum absolute atomic E-state index is 14.6. The van der Waals surface area contributed by atoms with Crippen LogP contribution in [0.1, 0.15) is 12.8 Å². The molecular formula is C25H20FN6NaO2S. The first-order chi connectivity index (χ1) is 16.9. The number of halogens is 1. The summed E-state index contributed by atoms with van der Waals surface area (Å²) in [6.07, 6.45) is 6.51. The van der Waals surface area contributed by atoms with E-state index in [0.717, 1.165) is 22.2 Å². The molecule has 1 saturated carbocycles. The topological polar surface area (TPSA) is 96.8 Å². The van der Waals surface area contributed by atoms with Crippen molar-refractivity contribution in [3.8, 4) is 28.1 Å². The molecule has 1 aliphatic rings. The number of benzene rings is 2. The molecular weight excluding hydrogens is 490 g/mol. The first-order valence-corrected chi connectivity index (χ1v) is 12.6. The van der Waals surface area contributed by atoms with Gasteiger partial charge < -0.3 is 14.3 Å². The predicted octanol–water partition coefficient (Wildman–Crippen LogP) is 2.13. The molecule has 3 heterocycles. The van der Waals surface area contributed by atoms with Crippen molar-refractivity contribution < 1.29 is 42.4 Å². The van der Waals surface area contributed by atoms with Crippen molar-refractivity contribution in [2.24, 2.45) is 7.05 Å². The molecule has 1 fully saturated rings. The van der Waals surface area contributed by atoms with Gasteiger partial charge in [-0.25, -0.2) is 17.8 Å². The van der Waals surface area contributed by atoms with Crippen LogP contribution in [0, 0.1) is 5.82 Å². The Morgan fingerprint density at radius 3 is 2.56 bits per heavy atom. The molecule has 1 aliphatic carbocycles. The number of pyridine rings is 1. The molecule has 0 unspecified atom stereocenters. The van der Waals surface area contributed by atoms with Crippen molar-refractivity contribution in [3.63, 3.8) is 0 Å². The Hall–Kier alpha value is -3.05. The summed E-state index contributed by atoms with van der Waals surface area (Å²) >= 11 is 0. The average molecular weight is 511 g/mol. The van der Waals surface area contributed by atoms with E-state index in [9.17, 15) is 12.8 Å². The van der Waals surface area contributed by atoms with Crippen LogP contribution in [0.15, 0.2) is 73.3 Å². The summed E-state index contributed by atoms with van der Waals surface area (Å²) in [6.45, 7) is 0. The summed E-state index contributed by atoms with van der Waals surface area (Å²) in [4.78, 5) is 9.03. The van der Waals surface area contributed by atoms with Gasteiger partial charge in [-0.2, -0.15) is 5.10 Å². The van der Waals surface area contributed by atoms with Crippen LogP contribution < -0.4 is 29.6 Å². The summed E-state index contributed by atoms with van der Waals surface area (Å²) < 4.78 is 47.2. The molecule has 11 heteroatoms. The Kier molecular flexibility index (Phi) is 6.46. The standard InChI is InChI=1S/C25H20FN6O2S.Na/c1-31-14-18(13-28-31)16-6-9-23-22(10-16)27-15-32(23)25-12-17(20-4-2-3-5-21(20)26)11-24(29-25)30-35(33,34)19-7-8-19;/h2-6,9-15,19H,7-8H2,1H3;/q-1;+1. The van der Waals surface area contributed by atoms with Crippen LogP contribution in [0.25, 0.3) is 43.8 Å². The largest absolute Gasteiger partial charge is 1.00 e. The molecule has 5 aromatic rings. The van der Waals surface area contributed by atoms with Gasteiger partial charge in [-0.3, -0.25) is 4.68 Å². The van der Waals surface area contributed by atoms with E-state index in [4.69, 9.17) is 0 Å². The van der Waals surface area contributed by atoms with Crippen molar-refractivity contribution in [1.29, 1.82) is 0 Å². The molecule has 0 bridgehead atoms. The van der Waals surface area contributed by atoms with Crippen molar-refractivity contribution in [1.82, 2.24) is 24.3 Å². The second kappa shape index (κ2) is 9.44. The van der Waals surface area contributed by atoms with Crippen LogP contribution >= 0.6 is 0 Å². The third-order valence-corrected chi connectivity index (χ3v) is 7.74. The maximum Gasteiger partial charge on any atom is 1.00 e. The van der Waals surface area contributed by atoms with E-state index < -0.39 is 21.1 Å². The van der Waals surface area contributed by atoms with Crippen molar-refractivity contribution >= 4 is 26.9 Å². The average Bonchev–Trinajstić information content (AvgIpc) is 3.49. The van der Waals surface area contributed by atoms with E-state index in [2.05, 4.69) is 19.8 Å². The Bertz CT molecular complexity index is 1690. The third-order valence-electron chi connectivity index (χ3n) is 5.98. The number of fused-ring (bicyclic) bond motifs is 1. The van der Waals surface area contributed by atoms with Crippen LogP contribution in [0.4, 0.5) is 10.2 Å². The molecule has 6 rings (SSSR count).